The number of hydrogen-bond acceptors (Lipinski definition) is 10. The second kappa shape index (κ2) is 11.4. The van der Waals surface area contributed by atoms with Gasteiger partial charge in [-0.1, -0.05) is 0 Å². The van der Waals surface area contributed by atoms with Gasteiger partial charge in [0.2, 0.25) is 5.95 Å². The molecule has 0 atom stereocenters. The fourth-order valence-electron chi connectivity index (χ4n) is 4.97. The van der Waals surface area contributed by atoms with Crippen LogP contribution in [0.4, 0.5) is 16.0 Å². The van der Waals surface area contributed by atoms with Crippen LogP contribution in [0.1, 0.15) is 0 Å². The molecule has 1 saturated heterocycles. The van der Waals surface area contributed by atoms with E-state index in [-0.39, 0.29) is 24.3 Å². The van der Waals surface area contributed by atoms with E-state index in [0.29, 0.717) is 66.8 Å². The third kappa shape index (κ3) is 5.51. The summed E-state index contributed by atoms with van der Waals surface area (Å²) in [6.07, 6.45) is 3.37. The van der Waals surface area contributed by atoms with E-state index in [2.05, 4.69) is 25.3 Å². The highest BCUT2D eigenvalue weighted by molar-refractivity contribution is 5.90. The van der Waals surface area contributed by atoms with Crippen molar-refractivity contribution in [1.29, 1.82) is 0 Å². The monoisotopic (exact) mass is 562 g/mol. The van der Waals surface area contributed by atoms with Crippen molar-refractivity contribution >= 4 is 34.2 Å². The maximum atomic E-state index is 14.9. The Balaban J connectivity index is 1.05. The molecule has 0 bridgehead atoms. The van der Waals surface area contributed by atoms with Crippen molar-refractivity contribution in [2.45, 2.75) is 6.54 Å². The van der Waals surface area contributed by atoms with E-state index in [1.54, 1.807) is 29.2 Å². The SMILES string of the molecule is NCCNC(=O)COc1ccc(N2CCN(CCn3cnc4c3nc(N)n3nc(-c5ccco5)cc43)CC2)c(F)c1. The number of anilines is 2. The maximum Gasteiger partial charge on any atom is 0.257 e. The smallest absolute Gasteiger partial charge is 0.257 e. The van der Waals surface area contributed by atoms with Crippen molar-refractivity contribution in [3.8, 4) is 17.2 Å². The number of amides is 1. The van der Waals surface area contributed by atoms with E-state index in [4.69, 9.17) is 20.6 Å². The molecular formula is C27H31FN10O3. The van der Waals surface area contributed by atoms with E-state index in [1.807, 2.05) is 27.7 Å². The minimum Gasteiger partial charge on any atom is -0.484 e. The molecule has 14 heteroatoms. The van der Waals surface area contributed by atoms with Gasteiger partial charge in [-0.15, -0.1) is 0 Å². The molecule has 0 unspecified atom stereocenters. The largest absolute Gasteiger partial charge is 0.484 e. The number of carbonyl (C=O) groups excluding carboxylic acids is 1. The van der Waals surface area contributed by atoms with Crippen molar-refractivity contribution in [2.24, 2.45) is 5.73 Å². The zero-order valence-corrected chi connectivity index (χ0v) is 22.4. The fourth-order valence-corrected chi connectivity index (χ4v) is 4.97. The molecular weight excluding hydrogens is 531 g/mol. The van der Waals surface area contributed by atoms with Gasteiger partial charge in [0, 0.05) is 58.4 Å². The Morgan fingerprint density at radius 2 is 2.00 bits per heavy atom. The van der Waals surface area contributed by atoms with E-state index >= 15 is 0 Å². The van der Waals surface area contributed by atoms with Gasteiger partial charge in [-0.25, -0.2) is 9.37 Å². The van der Waals surface area contributed by atoms with Crippen molar-refractivity contribution in [3.63, 3.8) is 0 Å². The first-order valence-electron chi connectivity index (χ1n) is 13.4. The number of benzene rings is 1. The van der Waals surface area contributed by atoms with Gasteiger partial charge in [-0.05, 0) is 30.3 Å². The minimum absolute atomic E-state index is 0.189. The highest BCUT2D eigenvalue weighted by Gasteiger charge is 2.21. The van der Waals surface area contributed by atoms with Crippen molar-refractivity contribution in [1.82, 2.24) is 34.4 Å². The van der Waals surface area contributed by atoms with E-state index < -0.39 is 0 Å². The molecule has 4 aromatic heterocycles. The third-order valence-corrected chi connectivity index (χ3v) is 7.10. The van der Waals surface area contributed by atoms with E-state index in [0.717, 1.165) is 25.2 Å². The number of aromatic nitrogens is 5. The number of hydrogen-bond donors (Lipinski definition) is 3. The van der Waals surface area contributed by atoms with Crippen LogP contribution >= 0.6 is 0 Å². The van der Waals surface area contributed by atoms with Crippen molar-refractivity contribution in [3.05, 3.63) is 54.8 Å². The Bertz CT molecular complexity index is 1660. The number of imidazole rings is 1. The van der Waals surface area contributed by atoms with Gasteiger partial charge in [-0.2, -0.15) is 14.6 Å². The Morgan fingerprint density at radius 3 is 2.76 bits per heavy atom. The lowest BCUT2D eigenvalue weighted by Crippen LogP contribution is -2.47. The minimum atomic E-state index is -0.381. The molecule has 13 nitrogen and oxygen atoms in total. The summed E-state index contributed by atoms with van der Waals surface area (Å²) in [6, 6.07) is 10.2. The molecule has 1 amide bonds. The van der Waals surface area contributed by atoms with Crippen LogP contribution in [0, 0.1) is 5.82 Å². The zero-order valence-electron chi connectivity index (χ0n) is 22.4. The van der Waals surface area contributed by atoms with Crippen LogP contribution < -0.4 is 26.4 Å². The lowest BCUT2D eigenvalue weighted by molar-refractivity contribution is -0.123. The van der Waals surface area contributed by atoms with Gasteiger partial charge in [0.05, 0.1) is 18.3 Å². The summed E-state index contributed by atoms with van der Waals surface area (Å²) in [7, 11) is 0. The highest BCUT2D eigenvalue weighted by Crippen LogP contribution is 2.27. The molecule has 1 aliphatic heterocycles. The number of nitrogens with one attached hydrogen (secondary N) is 1. The molecule has 0 radical (unpaired) electrons. The molecule has 1 aliphatic rings. The average Bonchev–Trinajstić information content (AvgIpc) is 3.74. The molecule has 5 heterocycles. The Morgan fingerprint density at radius 1 is 1.15 bits per heavy atom. The van der Waals surface area contributed by atoms with Crippen LogP contribution in [-0.4, -0.2) is 87.4 Å². The Labute approximate surface area is 234 Å². The predicted octanol–water partition coefficient (Wildman–Crippen LogP) is 1.34. The van der Waals surface area contributed by atoms with Crippen LogP contribution in [0.15, 0.2) is 53.4 Å². The van der Waals surface area contributed by atoms with Crippen molar-refractivity contribution < 1.29 is 18.3 Å². The van der Waals surface area contributed by atoms with Crippen LogP contribution in [0.5, 0.6) is 5.75 Å². The van der Waals surface area contributed by atoms with Crippen LogP contribution in [-0.2, 0) is 11.3 Å². The first-order valence-corrected chi connectivity index (χ1v) is 13.4. The quantitative estimate of drug-likeness (QED) is 0.227. The number of nitrogens with two attached hydrogens (primary N) is 2. The molecule has 1 fully saturated rings. The maximum absolute atomic E-state index is 14.9. The molecule has 5 N–H and O–H groups in total. The summed E-state index contributed by atoms with van der Waals surface area (Å²) in [5.41, 5.74) is 15.0. The number of carbonyl (C=O) groups is 1. The summed E-state index contributed by atoms with van der Waals surface area (Å²) >= 11 is 0. The third-order valence-electron chi connectivity index (χ3n) is 7.10. The average molecular weight is 563 g/mol. The number of piperazine rings is 1. The topological polar surface area (TPSA) is 158 Å². The first kappa shape index (κ1) is 26.5. The Hall–Kier alpha value is -4.69. The highest BCUT2D eigenvalue weighted by atomic mass is 19.1. The predicted molar refractivity (Wildman–Crippen MR) is 151 cm³/mol. The fraction of sp³-hybridized carbons (Fsp3) is 0.333. The van der Waals surface area contributed by atoms with Gasteiger partial charge in [0.25, 0.3) is 5.91 Å². The van der Waals surface area contributed by atoms with Gasteiger partial charge < -0.3 is 35.4 Å². The molecule has 0 spiro atoms. The summed E-state index contributed by atoms with van der Waals surface area (Å²) in [4.78, 5) is 25.2. The second-order valence-electron chi connectivity index (χ2n) is 9.75. The van der Waals surface area contributed by atoms with Gasteiger partial charge in [-0.3, -0.25) is 9.69 Å². The number of nitrogens with zero attached hydrogens (tertiary/aromatic N) is 7. The molecule has 0 aliphatic carbocycles. The summed E-state index contributed by atoms with van der Waals surface area (Å²) in [5, 5.41) is 7.13. The number of furan rings is 1. The molecule has 0 saturated carbocycles. The number of halogens is 1. The lowest BCUT2D eigenvalue weighted by Gasteiger charge is -2.36. The van der Waals surface area contributed by atoms with E-state index in [1.165, 1.54) is 6.07 Å². The Kier molecular flexibility index (Phi) is 7.39. The molecule has 41 heavy (non-hydrogen) atoms. The lowest BCUT2D eigenvalue weighted by atomic mass is 10.2. The summed E-state index contributed by atoms with van der Waals surface area (Å²) in [5.74, 6) is 0.544. The van der Waals surface area contributed by atoms with Crippen LogP contribution in [0.3, 0.4) is 0 Å². The molecule has 5 aromatic rings. The normalized spacial score (nSPS) is 14.2. The standard InChI is InChI=1S/C27H31FN10O3/c28-19-14-18(41-16-24(39)31-6-5-29)3-4-21(19)36-10-7-35(8-11-36)9-12-37-17-32-25-22-15-20(23-2-1-13-40-23)34-38(22)27(30)33-26(25)37/h1-4,13-15,17H,5-12,16,29H2,(H2,30,33)(H,31,39). The van der Waals surface area contributed by atoms with Crippen LogP contribution in [0.2, 0.25) is 0 Å². The van der Waals surface area contributed by atoms with Gasteiger partial charge in [0.1, 0.15) is 28.3 Å². The second-order valence-corrected chi connectivity index (χ2v) is 9.75. The first-order chi connectivity index (χ1) is 20.0. The molecule has 6 rings (SSSR count). The number of rotatable bonds is 10. The van der Waals surface area contributed by atoms with Crippen LogP contribution in [0.25, 0.3) is 28.1 Å². The zero-order chi connectivity index (χ0) is 28.3. The summed E-state index contributed by atoms with van der Waals surface area (Å²) in [6.45, 7) is 4.91. The number of fused-ring (bicyclic) bond motifs is 3. The molecule has 1 aromatic carbocycles. The summed E-state index contributed by atoms with van der Waals surface area (Å²) < 4.78 is 29.3. The van der Waals surface area contributed by atoms with Gasteiger partial charge >= 0.3 is 0 Å². The number of ether oxygens (including phenoxy) is 1. The van der Waals surface area contributed by atoms with Gasteiger partial charge in [0.15, 0.2) is 18.0 Å². The number of nitrogen functional groups attached to an aromatic ring is 1. The molecule has 214 valence electrons. The van der Waals surface area contributed by atoms with E-state index in [9.17, 15) is 9.18 Å². The van der Waals surface area contributed by atoms with Crippen molar-refractivity contribution in [2.75, 3.05) is 63.1 Å².